The fourth-order valence-corrected chi connectivity index (χ4v) is 10.2. The van der Waals surface area contributed by atoms with E-state index in [1.165, 1.54) is 5.56 Å². The smallest absolute Gasteiger partial charge is 0.320 e. The minimum atomic E-state index is -0.602. The molecule has 15 nitrogen and oxygen atoms in total. The van der Waals surface area contributed by atoms with Crippen molar-refractivity contribution in [1.29, 1.82) is 0 Å². The molecule has 3 atom stereocenters. The molecule has 9 rings (SSSR count). The first-order chi connectivity index (χ1) is 28.6. The standard InChI is InChI=1S/C44H54N10O5/c1-49-19-20-53(44(49)59)34-3-2-15-52(27-34)38-23-46-40(41(45)56)36(47-38)21-28-4-6-30(7-5-28)31-13-16-50(17-14-31)24-29-12-18-51(25-29)33-8-9-35-32(22-33)26-54(43(35)58)37-10-11-39(55)48-42(37)57/h4-9,22-23,29,31,34,37H,2-3,10-21,24-27H2,1H3,(H2,45,56)(H,48,55,57). The van der Waals surface area contributed by atoms with Gasteiger partial charge in [0.05, 0.1) is 17.9 Å². The summed E-state index contributed by atoms with van der Waals surface area (Å²) >= 11 is 0. The number of hydrogen-bond donors (Lipinski definition) is 2. The molecule has 15 heteroatoms. The molecule has 6 aliphatic rings. The molecule has 5 fully saturated rings. The number of rotatable bonds is 10. The van der Waals surface area contributed by atoms with Gasteiger partial charge in [0.15, 0.2) is 0 Å². The molecule has 0 aliphatic carbocycles. The van der Waals surface area contributed by atoms with E-state index in [0.717, 1.165) is 101 Å². The van der Waals surface area contributed by atoms with E-state index in [-0.39, 0.29) is 41.9 Å². The number of primary amides is 1. The average Bonchev–Trinajstić information content (AvgIpc) is 3.94. The van der Waals surface area contributed by atoms with Gasteiger partial charge in [-0.05, 0) is 98.3 Å². The Morgan fingerprint density at radius 3 is 2.42 bits per heavy atom. The Morgan fingerprint density at radius 2 is 1.68 bits per heavy atom. The molecule has 7 heterocycles. The second-order valence-corrected chi connectivity index (χ2v) is 17.4. The average molecular weight is 803 g/mol. The highest BCUT2D eigenvalue weighted by atomic mass is 16.2. The topological polar surface area (TPSA) is 169 Å². The number of imide groups is 1. The lowest BCUT2D eigenvalue weighted by Crippen LogP contribution is -2.52. The van der Waals surface area contributed by atoms with Gasteiger partial charge in [-0.2, -0.15) is 0 Å². The van der Waals surface area contributed by atoms with Crippen LogP contribution in [0.25, 0.3) is 0 Å². The molecular formula is C44H54N10O5. The van der Waals surface area contributed by atoms with E-state index >= 15 is 0 Å². The Hall–Kier alpha value is -5.57. The van der Waals surface area contributed by atoms with E-state index in [1.807, 2.05) is 24.1 Å². The zero-order chi connectivity index (χ0) is 40.8. The van der Waals surface area contributed by atoms with Crippen molar-refractivity contribution in [1.82, 2.24) is 34.9 Å². The molecule has 0 bridgehead atoms. The van der Waals surface area contributed by atoms with Gasteiger partial charge >= 0.3 is 6.03 Å². The summed E-state index contributed by atoms with van der Waals surface area (Å²) < 4.78 is 0. The van der Waals surface area contributed by atoms with Crippen molar-refractivity contribution in [3.63, 3.8) is 0 Å². The zero-order valence-electron chi connectivity index (χ0n) is 33.9. The molecule has 3 N–H and O–H groups in total. The largest absolute Gasteiger partial charge is 0.371 e. The molecule has 3 aromatic rings. The number of carbonyl (C=O) groups excluding carboxylic acids is 5. The van der Waals surface area contributed by atoms with Crippen molar-refractivity contribution in [2.45, 2.75) is 75.9 Å². The van der Waals surface area contributed by atoms with Crippen LogP contribution in [0.1, 0.15) is 94.1 Å². The van der Waals surface area contributed by atoms with Crippen molar-refractivity contribution in [3.05, 3.63) is 82.3 Å². The first-order valence-corrected chi connectivity index (χ1v) is 21.3. The number of likely N-dealkylation sites (N-methyl/N-ethyl adjacent to an activating group) is 1. The summed E-state index contributed by atoms with van der Waals surface area (Å²) in [5, 5.41) is 2.38. The van der Waals surface area contributed by atoms with Crippen molar-refractivity contribution < 1.29 is 24.0 Å². The van der Waals surface area contributed by atoms with E-state index in [9.17, 15) is 24.0 Å². The molecule has 5 saturated heterocycles. The zero-order valence-corrected chi connectivity index (χ0v) is 33.9. The number of nitrogens with one attached hydrogen (secondary N) is 1. The first kappa shape index (κ1) is 38.9. The summed E-state index contributed by atoms with van der Waals surface area (Å²) in [4.78, 5) is 84.4. The van der Waals surface area contributed by atoms with Crippen LogP contribution in [0, 0.1) is 5.92 Å². The lowest BCUT2D eigenvalue weighted by atomic mass is 9.88. The quantitative estimate of drug-likeness (QED) is 0.291. The molecule has 1 aromatic heterocycles. The molecule has 3 unspecified atom stereocenters. The van der Waals surface area contributed by atoms with Crippen LogP contribution in [0.4, 0.5) is 16.3 Å². The monoisotopic (exact) mass is 802 g/mol. The number of urea groups is 1. The third-order valence-corrected chi connectivity index (χ3v) is 13.6. The molecule has 6 aliphatic heterocycles. The highest BCUT2D eigenvalue weighted by Gasteiger charge is 2.40. The van der Waals surface area contributed by atoms with Crippen molar-refractivity contribution in [2.75, 3.05) is 75.8 Å². The van der Waals surface area contributed by atoms with Crippen LogP contribution in [-0.2, 0) is 22.6 Å². The maximum Gasteiger partial charge on any atom is 0.320 e. The van der Waals surface area contributed by atoms with Gasteiger partial charge in [-0.25, -0.2) is 14.8 Å². The van der Waals surface area contributed by atoms with E-state index in [4.69, 9.17) is 10.7 Å². The normalized spacial score (nSPS) is 24.4. The molecule has 0 saturated carbocycles. The van der Waals surface area contributed by atoms with E-state index in [2.05, 4.69) is 55.3 Å². The number of fused-ring (bicyclic) bond motifs is 1. The molecule has 59 heavy (non-hydrogen) atoms. The van der Waals surface area contributed by atoms with Gasteiger partial charge in [0.1, 0.15) is 17.6 Å². The molecule has 0 spiro atoms. The predicted octanol–water partition coefficient (Wildman–Crippen LogP) is 2.97. The summed E-state index contributed by atoms with van der Waals surface area (Å²) in [6, 6.07) is 14.4. The third kappa shape index (κ3) is 7.96. The number of amides is 6. The molecule has 310 valence electrons. The highest BCUT2D eigenvalue weighted by Crippen LogP contribution is 2.34. The minimum Gasteiger partial charge on any atom is -0.371 e. The predicted molar refractivity (Wildman–Crippen MR) is 221 cm³/mol. The van der Waals surface area contributed by atoms with Gasteiger partial charge < -0.3 is 35.1 Å². The first-order valence-electron chi connectivity index (χ1n) is 21.3. The van der Waals surface area contributed by atoms with Gasteiger partial charge in [-0.1, -0.05) is 24.3 Å². The number of hydrogen-bond acceptors (Lipinski definition) is 10. The summed E-state index contributed by atoms with van der Waals surface area (Å²) in [7, 11) is 1.85. The van der Waals surface area contributed by atoms with Crippen LogP contribution in [0.3, 0.4) is 0 Å². The Bertz CT molecular complexity index is 2140. The highest BCUT2D eigenvalue weighted by molar-refractivity contribution is 6.05. The van der Waals surface area contributed by atoms with E-state index in [1.54, 1.807) is 16.0 Å². The van der Waals surface area contributed by atoms with Crippen LogP contribution in [0.5, 0.6) is 0 Å². The van der Waals surface area contributed by atoms with Crippen molar-refractivity contribution in [3.8, 4) is 0 Å². The lowest BCUT2D eigenvalue weighted by molar-refractivity contribution is -0.136. The van der Waals surface area contributed by atoms with Gasteiger partial charge in [-0.3, -0.25) is 24.5 Å². The number of aromatic nitrogens is 2. The molecule has 0 radical (unpaired) electrons. The minimum absolute atomic E-state index is 0.0800. The van der Waals surface area contributed by atoms with Crippen molar-refractivity contribution >= 4 is 41.2 Å². The maximum absolute atomic E-state index is 13.2. The van der Waals surface area contributed by atoms with Crippen LogP contribution >= 0.6 is 0 Å². The number of anilines is 2. The summed E-state index contributed by atoms with van der Waals surface area (Å²) in [6.45, 7) is 8.53. The Balaban J connectivity index is 0.764. The van der Waals surface area contributed by atoms with Crippen molar-refractivity contribution in [2.24, 2.45) is 11.7 Å². The van der Waals surface area contributed by atoms with Gasteiger partial charge in [-0.15, -0.1) is 0 Å². The summed E-state index contributed by atoms with van der Waals surface area (Å²) in [6.07, 6.45) is 7.95. The fraction of sp³-hybridized carbons (Fsp3) is 0.523. The number of nitrogens with two attached hydrogens (primary N) is 1. The SMILES string of the molecule is CN1CCN(C2CCCN(c3cnc(C(N)=O)c(Cc4ccc(C5CCN(CC6CCN(c7ccc8c(c7)CN(C7CCC(=O)NC7=O)C8=O)C6)CC5)cc4)n3)C2)C1=O. The Morgan fingerprint density at radius 1 is 0.864 bits per heavy atom. The van der Waals surface area contributed by atoms with E-state index < -0.39 is 11.9 Å². The number of piperidine rings is 3. The summed E-state index contributed by atoms with van der Waals surface area (Å²) in [5.74, 6) is 0.392. The van der Waals surface area contributed by atoms with Crippen LogP contribution in [0.2, 0.25) is 0 Å². The molecular weight excluding hydrogens is 749 g/mol. The van der Waals surface area contributed by atoms with Gasteiger partial charge in [0.25, 0.3) is 11.8 Å². The second-order valence-electron chi connectivity index (χ2n) is 17.4. The van der Waals surface area contributed by atoms with Crippen LogP contribution < -0.4 is 20.9 Å². The Labute approximate surface area is 344 Å². The maximum atomic E-state index is 13.2. The number of likely N-dealkylation sites (tertiary alicyclic amines) is 1. The second kappa shape index (κ2) is 16.2. The molecule has 2 aromatic carbocycles. The fourth-order valence-electron chi connectivity index (χ4n) is 10.2. The number of nitrogens with zero attached hydrogens (tertiary/aromatic N) is 8. The van der Waals surface area contributed by atoms with Crippen LogP contribution in [-0.4, -0.2) is 137 Å². The lowest BCUT2D eigenvalue weighted by Gasteiger charge is -2.37. The third-order valence-electron chi connectivity index (χ3n) is 13.6. The van der Waals surface area contributed by atoms with E-state index in [0.29, 0.717) is 54.8 Å². The Kier molecular flexibility index (Phi) is 10.7. The number of benzene rings is 2. The van der Waals surface area contributed by atoms with Gasteiger partial charge in [0.2, 0.25) is 11.8 Å². The van der Waals surface area contributed by atoms with Gasteiger partial charge in [0, 0.05) is 83.5 Å². The number of carbonyl (C=O) groups is 5. The molecule has 6 amide bonds. The van der Waals surface area contributed by atoms with Crippen LogP contribution in [0.15, 0.2) is 48.7 Å². The summed E-state index contributed by atoms with van der Waals surface area (Å²) in [5.41, 5.74) is 11.6.